The van der Waals surface area contributed by atoms with Crippen LogP contribution in [0.25, 0.3) is 10.9 Å². The first kappa shape index (κ1) is 26.6. The average Bonchev–Trinajstić information content (AvgIpc) is 2.89. The lowest BCUT2D eigenvalue weighted by molar-refractivity contribution is 0.0602. The molecule has 192 valence electrons. The largest absolute Gasteiger partial charge is 0.330 e. The number of nitrogens with zero attached hydrogens (tertiary/aromatic N) is 3. The predicted molar refractivity (Wildman–Crippen MR) is 150 cm³/mol. The second kappa shape index (κ2) is 11.7. The number of aryl methyl sites for hydroxylation is 1. The highest BCUT2D eigenvalue weighted by atomic mass is 35.5. The molecule has 0 fully saturated rings. The molecule has 3 aromatic carbocycles. The molecule has 37 heavy (non-hydrogen) atoms. The summed E-state index contributed by atoms with van der Waals surface area (Å²) in [6.07, 6.45) is 0.632. The zero-order valence-electron chi connectivity index (χ0n) is 21.5. The lowest BCUT2D eigenvalue weighted by Crippen LogP contribution is -2.42. The molecule has 2 N–H and O–H groups in total. The molecule has 7 heteroatoms. The second-order valence-electron chi connectivity index (χ2n) is 9.70. The van der Waals surface area contributed by atoms with Crippen molar-refractivity contribution in [2.45, 2.75) is 39.8 Å². The molecule has 1 aromatic heterocycles. The quantitative estimate of drug-likeness (QED) is 0.314. The predicted octanol–water partition coefficient (Wildman–Crippen LogP) is 5.59. The van der Waals surface area contributed by atoms with E-state index in [9.17, 15) is 9.59 Å². The third-order valence-electron chi connectivity index (χ3n) is 6.52. The molecule has 1 heterocycles. The number of amides is 1. The monoisotopic (exact) mass is 516 g/mol. The fourth-order valence-corrected chi connectivity index (χ4v) is 4.81. The van der Waals surface area contributed by atoms with Crippen LogP contribution >= 0.6 is 11.6 Å². The molecule has 1 atom stereocenters. The molecule has 0 aliphatic heterocycles. The Morgan fingerprint density at radius 3 is 2.41 bits per heavy atom. The molecule has 6 nitrogen and oxygen atoms in total. The molecule has 0 saturated heterocycles. The summed E-state index contributed by atoms with van der Waals surface area (Å²) in [6.45, 7) is 7.32. The molecule has 0 radical (unpaired) electrons. The molecule has 0 spiro atoms. The van der Waals surface area contributed by atoms with Crippen LogP contribution in [-0.2, 0) is 6.54 Å². The van der Waals surface area contributed by atoms with E-state index < -0.39 is 6.04 Å². The maximum Gasteiger partial charge on any atom is 0.261 e. The summed E-state index contributed by atoms with van der Waals surface area (Å²) >= 11 is 6.24. The molecular formula is C30H33ClN4O2. The van der Waals surface area contributed by atoms with E-state index in [2.05, 4.69) is 0 Å². The van der Waals surface area contributed by atoms with Crippen molar-refractivity contribution < 1.29 is 4.79 Å². The molecule has 4 rings (SSSR count). The van der Waals surface area contributed by atoms with Crippen LogP contribution in [0.15, 0.2) is 77.6 Å². The molecule has 4 aromatic rings. The summed E-state index contributed by atoms with van der Waals surface area (Å²) in [7, 11) is 0. The van der Waals surface area contributed by atoms with Gasteiger partial charge in [-0.15, -0.1) is 0 Å². The van der Waals surface area contributed by atoms with Gasteiger partial charge in [-0.25, -0.2) is 4.98 Å². The van der Waals surface area contributed by atoms with Crippen molar-refractivity contribution in [3.05, 3.63) is 111 Å². The van der Waals surface area contributed by atoms with Gasteiger partial charge in [0.2, 0.25) is 0 Å². The first-order valence-electron chi connectivity index (χ1n) is 12.6. The Hall–Kier alpha value is -3.48. The van der Waals surface area contributed by atoms with E-state index in [1.165, 1.54) is 0 Å². The zero-order chi connectivity index (χ0) is 26.5. The normalized spacial score (nSPS) is 12.2. The molecule has 0 aliphatic rings. The fourth-order valence-electron chi connectivity index (χ4n) is 4.64. The number of fused-ring (bicyclic) bond motifs is 1. The van der Waals surface area contributed by atoms with Crippen LogP contribution in [0.1, 0.15) is 53.6 Å². The Bertz CT molecular complexity index is 1430. The Balaban J connectivity index is 1.93. The highest BCUT2D eigenvalue weighted by molar-refractivity contribution is 6.31. The summed E-state index contributed by atoms with van der Waals surface area (Å²) in [5, 5.41) is 0.929. The molecule has 1 amide bonds. The van der Waals surface area contributed by atoms with Crippen LogP contribution in [0.2, 0.25) is 5.02 Å². The van der Waals surface area contributed by atoms with E-state index in [0.717, 1.165) is 11.1 Å². The lowest BCUT2D eigenvalue weighted by Gasteiger charge is -2.35. The summed E-state index contributed by atoms with van der Waals surface area (Å²) in [4.78, 5) is 34.6. The topological polar surface area (TPSA) is 81.2 Å². The number of hydrogen-bond donors (Lipinski definition) is 1. The van der Waals surface area contributed by atoms with Gasteiger partial charge in [-0.05, 0) is 61.7 Å². The Morgan fingerprint density at radius 2 is 1.76 bits per heavy atom. The minimum atomic E-state index is -0.447. The number of nitrogens with two attached hydrogens (primary N) is 1. The molecule has 0 bridgehead atoms. The third-order valence-corrected chi connectivity index (χ3v) is 6.76. The van der Waals surface area contributed by atoms with Gasteiger partial charge in [-0.2, -0.15) is 0 Å². The van der Waals surface area contributed by atoms with E-state index in [1.54, 1.807) is 22.8 Å². The number of benzene rings is 3. The first-order valence-corrected chi connectivity index (χ1v) is 13.0. The van der Waals surface area contributed by atoms with Crippen molar-refractivity contribution in [1.82, 2.24) is 14.5 Å². The zero-order valence-corrected chi connectivity index (χ0v) is 22.3. The van der Waals surface area contributed by atoms with E-state index in [1.807, 2.05) is 80.3 Å². The van der Waals surface area contributed by atoms with E-state index in [-0.39, 0.29) is 17.4 Å². The number of halogens is 1. The van der Waals surface area contributed by atoms with Crippen LogP contribution in [0.5, 0.6) is 0 Å². The van der Waals surface area contributed by atoms with Gasteiger partial charge in [0.15, 0.2) is 0 Å². The fraction of sp³-hybridized carbons (Fsp3) is 0.300. The number of aromatic nitrogens is 2. The number of rotatable bonds is 9. The van der Waals surface area contributed by atoms with Gasteiger partial charge < -0.3 is 10.6 Å². The minimum absolute atomic E-state index is 0.0224. The van der Waals surface area contributed by atoms with Crippen molar-refractivity contribution in [3.63, 3.8) is 0 Å². The highest BCUT2D eigenvalue weighted by Gasteiger charge is 2.32. The Morgan fingerprint density at radius 1 is 1.05 bits per heavy atom. The van der Waals surface area contributed by atoms with Crippen LogP contribution in [0, 0.1) is 12.8 Å². The van der Waals surface area contributed by atoms with Gasteiger partial charge in [0.25, 0.3) is 11.5 Å². The van der Waals surface area contributed by atoms with Gasteiger partial charge in [-0.1, -0.05) is 73.5 Å². The smallest absolute Gasteiger partial charge is 0.261 e. The van der Waals surface area contributed by atoms with Gasteiger partial charge >= 0.3 is 0 Å². The maximum absolute atomic E-state index is 13.9. The summed E-state index contributed by atoms with van der Waals surface area (Å²) in [6, 6.07) is 22.0. The highest BCUT2D eigenvalue weighted by Crippen LogP contribution is 2.30. The van der Waals surface area contributed by atoms with Crippen molar-refractivity contribution in [1.29, 1.82) is 0 Å². The lowest BCUT2D eigenvalue weighted by atomic mass is 9.98. The van der Waals surface area contributed by atoms with Gasteiger partial charge in [-0.3, -0.25) is 14.2 Å². The molecule has 0 aliphatic carbocycles. The second-order valence-corrected chi connectivity index (χ2v) is 10.1. The van der Waals surface area contributed by atoms with Crippen molar-refractivity contribution in [2.24, 2.45) is 11.7 Å². The molecule has 0 saturated carbocycles. The van der Waals surface area contributed by atoms with E-state index in [4.69, 9.17) is 22.3 Å². The number of carbonyl (C=O) groups is 1. The minimum Gasteiger partial charge on any atom is -0.330 e. The first-order chi connectivity index (χ1) is 17.8. The number of carbonyl (C=O) groups excluding carboxylic acids is 1. The van der Waals surface area contributed by atoms with Crippen LogP contribution in [0.3, 0.4) is 0 Å². The van der Waals surface area contributed by atoms with Gasteiger partial charge in [0.1, 0.15) is 5.82 Å². The summed E-state index contributed by atoms with van der Waals surface area (Å²) in [5.74, 6) is 0.422. The maximum atomic E-state index is 13.9. The summed E-state index contributed by atoms with van der Waals surface area (Å²) in [5.41, 5.74) is 8.89. The molecule has 0 unspecified atom stereocenters. The van der Waals surface area contributed by atoms with Crippen LogP contribution in [-0.4, -0.2) is 33.4 Å². The van der Waals surface area contributed by atoms with E-state index >= 15 is 0 Å². The summed E-state index contributed by atoms with van der Waals surface area (Å²) < 4.78 is 1.69. The van der Waals surface area contributed by atoms with Crippen LogP contribution in [0.4, 0.5) is 0 Å². The van der Waals surface area contributed by atoms with Crippen LogP contribution < -0.4 is 11.3 Å². The van der Waals surface area contributed by atoms with Gasteiger partial charge in [0, 0.05) is 17.1 Å². The van der Waals surface area contributed by atoms with Crippen molar-refractivity contribution in [3.8, 4) is 0 Å². The Kier molecular flexibility index (Phi) is 8.41. The SMILES string of the molecule is Cc1ccc(C(=O)N(CCCN)[C@@H](c2nc3ccc(Cl)cc3c(=O)n2Cc2ccccc2)C(C)C)cc1. The average molecular weight is 517 g/mol. The van der Waals surface area contributed by atoms with Gasteiger partial charge in [0.05, 0.1) is 23.5 Å². The van der Waals surface area contributed by atoms with E-state index in [0.29, 0.717) is 53.4 Å². The van der Waals surface area contributed by atoms with Crippen molar-refractivity contribution in [2.75, 3.05) is 13.1 Å². The standard InChI is InChI=1S/C30H33ClN4O2/c1-20(2)27(34(17-7-16-32)29(36)23-12-10-21(3)11-13-23)28-33-26-15-14-24(31)18-25(26)30(37)35(28)19-22-8-5-4-6-9-22/h4-6,8-15,18,20,27H,7,16-17,19,32H2,1-3H3/t27-/m1/s1. The molecular weight excluding hydrogens is 484 g/mol. The Labute approximate surface area is 222 Å². The third kappa shape index (κ3) is 5.92. The number of hydrogen-bond acceptors (Lipinski definition) is 4. The van der Waals surface area contributed by atoms with Crippen molar-refractivity contribution >= 4 is 28.4 Å².